The van der Waals surface area contributed by atoms with Gasteiger partial charge >= 0.3 is 5.97 Å². The third-order valence-electron chi connectivity index (χ3n) is 2.14. The number of aliphatic hydroxyl groups is 1. The Kier molecular flexibility index (Phi) is 4.31. The zero-order chi connectivity index (χ0) is 11.5. The Morgan fingerprint density at radius 2 is 2.27 bits per heavy atom. The van der Waals surface area contributed by atoms with Crippen molar-refractivity contribution in [3.8, 4) is 0 Å². The molecule has 0 saturated heterocycles. The van der Waals surface area contributed by atoms with Crippen molar-refractivity contribution in [2.24, 2.45) is 0 Å². The number of hydrogen-bond donors (Lipinski definition) is 2. The largest absolute Gasteiger partial charge is 0.481 e. The second kappa shape index (κ2) is 5.09. The number of rotatable bonds is 5. The van der Waals surface area contributed by atoms with Gasteiger partial charge in [-0.1, -0.05) is 13.3 Å². The lowest BCUT2D eigenvalue weighted by atomic mass is 9.92. The van der Waals surface area contributed by atoms with E-state index < -0.39 is 11.6 Å². The van der Waals surface area contributed by atoms with E-state index in [-0.39, 0.29) is 6.42 Å². The summed E-state index contributed by atoms with van der Waals surface area (Å²) in [6.45, 7) is 1.93. The Balaban J connectivity index is 2.94. The van der Waals surface area contributed by atoms with Crippen molar-refractivity contribution in [1.82, 2.24) is 0 Å². The molecule has 1 rings (SSSR count). The van der Waals surface area contributed by atoms with E-state index in [9.17, 15) is 9.90 Å². The standard InChI is InChI=1S/C10H13BrO3S/c1-2-5-10(14,6-9(12)13)7-3-4-8(11)15-7/h3-4,14H,2,5-6H2,1H3,(H,12,13). The van der Waals surface area contributed by atoms with Gasteiger partial charge in [-0.15, -0.1) is 11.3 Å². The van der Waals surface area contributed by atoms with Gasteiger partial charge in [-0.05, 0) is 34.5 Å². The summed E-state index contributed by atoms with van der Waals surface area (Å²) in [6.07, 6.45) is 0.972. The zero-order valence-electron chi connectivity index (χ0n) is 8.36. The molecule has 0 aliphatic rings. The van der Waals surface area contributed by atoms with E-state index in [0.29, 0.717) is 11.3 Å². The normalized spacial score (nSPS) is 14.9. The molecule has 5 heteroatoms. The second-order valence-electron chi connectivity index (χ2n) is 3.46. The molecule has 1 heterocycles. The van der Waals surface area contributed by atoms with Crippen molar-refractivity contribution in [3.05, 3.63) is 20.8 Å². The van der Waals surface area contributed by atoms with Crippen LogP contribution in [0.5, 0.6) is 0 Å². The highest BCUT2D eigenvalue weighted by Gasteiger charge is 2.32. The van der Waals surface area contributed by atoms with E-state index in [1.54, 1.807) is 6.07 Å². The molecule has 2 N–H and O–H groups in total. The van der Waals surface area contributed by atoms with Gasteiger partial charge in [0.15, 0.2) is 0 Å². The van der Waals surface area contributed by atoms with Gasteiger partial charge in [0, 0.05) is 4.88 Å². The first-order valence-electron chi connectivity index (χ1n) is 4.68. The van der Waals surface area contributed by atoms with Crippen molar-refractivity contribution in [2.75, 3.05) is 0 Å². The Morgan fingerprint density at radius 3 is 2.67 bits per heavy atom. The number of carboxylic acids is 1. The first kappa shape index (κ1) is 12.7. The van der Waals surface area contributed by atoms with E-state index in [0.717, 1.165) is 10.2 Å². The minimum Gasteiger partial charge on any atom is -0.481 e. The molecule has 0 aliphatic carbocycles. The average molecular weight is 293 g/mol. The number of carbonyl (C=O) groups is 1. The van der Waals surface area contributed by atoms with Gasteiger partial charge in [-0.25, -0.2) is 0 Å². The van der Waals surface area contributed by atoms with E-state index in [1.165, 1.54) is 11.3 Å². The van der Waals surface area contributed by atoms with Crippen LogP contribution in [0.15, 0.2) is 15.9 Å². The van der Waals surface area contributed by atoms with Crippen LogP contribution in [-0.4, -0.2) is 16.2 Å². The first-order chi connectivity index (χ1) is 6.98. The molecule has 1 aromatic heterocycles. The van der Waals surface area contributed by atoms with Crippen LogP contribution in [0.2, 0.25) is 0 Å². The van der Waals surface area contributed by atoms with Crippen molar-refractivity contribution in [2.45, 2.75) is 31.8 Å². The molecule has 0 bridgehead atoms. The fourth-order valence-corrected chi connectivity index (χ4v) is 3.03. The van der Waals surface area contributed by atoms with Gasteiger partial charge < -0.3 is 10.2 Å². The number of thiophene rings is 1. The van der Waals surface area contributed by atoms with E-state index in [4.69, 9.17) is 5.11 Å². The van der Waals surface area contributed by atoms with Crippen LogP contribution in [0.3, 0.4) is 0 Å². The maximum absolute atomic E-state index is 10.7. The van der Waals surface area contributed by atoms with Gasteiger partial charge in [0.05, 0.1) is 10.2 Å². The van der Waals surface area contributed by atoms with Crippen LogP contribution >= 0.6 is 27.3 Å². The van der Waals surface area contributed by atoms with Crippen molar-refractivity contribution < 1.29 is 15.0 Å². The highest BCUT2D eigenvalue weighted by atomic mass is 79.9. The molecule has 0 fully saturated rings. The molecular weight excluding hydrogens is 280 g/mol. The van der Waals surface area contributed by atoms with Crippen molar-refractivity contribution in [1.29, 1.82) is 0 Å². The van der Waals surface area contributed by atoms with Gasteiger partial charge in [0.1, 0.15) is 5.60 Å². The number of hydrogen-bond acceptors (Lipinski definition) is 3. The zero-order valence-corrected chi connectivity index (χ0v) is 10.8. The summed E-state index contributed by atoms with van der Waals surface area (Å²) < 4.78 is 0.900. The fourth-order valence-electron chi connectivity index (χ4n) is 1.53. The van der Waals surface area contributed by atoms with Crippen LogP contribution in [0, 0.1) is 0 Å². The van der Waals surface area contributed by atoms with Crippen LogP contribution in [0.25, 0.3) is 0 Å². The Morgan fingerprint density at radius 1 is 1.60 bits per heavy atom. The molecule has 84 valence electrons. The lowest BCUT2D eigenvalue weighted by molar-refractivity contribution is -0.143. The van der Waals surface area contributed by atoms with E-state index in [1.807, 2.05) is 13.0 Å². The minimum absolute atomic E-state index is 0.242. The minimum atomic E-state index is -1.22. The predicted octanol–water partition coefficient (Wildman–Crippen LogP) is 2.97. The summed E-state index contributed by atoms with van der Waals surface area (Å²) in [6, 6.07) is 3.59. The summed E-state index contributed by atoms with van der Waals surface area (Å²) in [5.74, 6) is -0.976. The number of halogens is 1. The van der Waals surface area contributed by atoms with Gasteiger partial charge in [0.25, 0.3) is 0 Å². The molecule has 0 saturated carbocycles. The van der Waals surface area contributed by atoms with Crippen LogP contribution in [0.1, 0.15) is 31.1 Å². The predicted molar refractivity (Wildman–Crippen MR) is 63.1 cm³/mol. The molecule has 0 spiro atoms. The van der Waals surface area contributed by atoms with Gasteiger partial charge in [-0.2, -0.15) is 0 Å². The second-order valence-corrected chi connectivity index (χ2v) is 5.92. The molecule has 1 atom stereocenters. The maximum Gasteiger partial charge on any atom is 0.306 e. The van der Waals surface area contributed by atoms with Gasteiger partial charge in [0.2, 0.25) is 0 Å². The summed E-state index contributed by atoms with van der Waals surface area (Å²) in [5.41, 5.74) is -1.22. The van der Waals surface area contributed by atoms with E-state index >= 15 is 0 Å². The maximum atomic E-state index is 10.7. The quantitative estimate of drug-likeness (QED) is 0.877. The topological polar surface area (TPSA) is 57.5 Å². The highest BCUT2D eigenvalue weighted by molar-refractivity contribution is 9.11. The Labute approximate surface area is 101 Å². The van der Waals surface area contributed by atoms with E-state index in [2.05, 4.69) is 15.9 Å². The monoisotopic (exact) mass is 292 g/mol. The molecule has 0 aromatic carbocycles. The molecule has 15 heavy (non-hydrogen) atoms. The van der Waals surface area contributed by atoms with Gasteiger partial charge in [-0.3, -0.25) is 4.79 Å². The highest BCUT2D eigenvalue weighted by Crippen LogP contribution is 2.36. The Hall–Kier alpha value is -0.390. The lowest BCUT2D eigenvalue weighted by Gasteiger charge is -2.24. The van der Waals surface area contributed by atoms with Crippen molar-refractivity contribution >= 4 is 33.2 Å². The average Bonchev–Trinajstić information content (AvgIpc) is 2.51. The first-order valence-corrected chi connectivity index (χ1v) is 6.29. The number of aliphatic carboxylic acids is 1. The molecular formula is C10H13BrO3S. The Bertz CT molecular complexity index is 350. The van der Waals surface area contributed by atoms with Crippen LogP contribution < -0.4 is 0 Å². The molecule has 1 aromatic rings. The third kappa shape index (κ3) is 3.29. The smallest absolute Gasteiger partial charge is 0.306 e. The van der Waals surface area contributed by atoms with Crippen molar-refractivity contribution in [3.63, 3.8) is 0 Å². The third-order valence-corrected chi connectivity index (χ3v) is 3.96. The molecule has 0 amide bonds. The lowest BCUT2D eigenvalue weighted by Crippen LogP contribution is -2.27. The summed E-state index contributed by atoms with van der Waals surface area (Å²) >= 11 is 4.68. The molecule has 0 aliphatic heterocycles. The fraction of sp³-hybridized carbons (Fsp3) is 0.500. The molecule has 1 unspecified atom stereocenters. The summed E-state index contributed by atoms with van der Waals surface area (Å²) in [4.78, 5) is 11.4. The van der Waals surface area contributed by atoms with Crippen LogP contribution in [0.4, 0.5) is 0 Å². The van der Waals surface area contributed by atoms with Crippen LogP contribution in [-0.2, 0) is 10.4 Å². The molecule has 3 nitrogen and oxygen atoms in total. The molecule has 0 radical (unpaired) electrons. The SMILES string of the molecule is CCCC(O)(CC(=O)O)c1ccc(Br)s1. The summed E-state index contributed by atoms with van der Waals surface area (Å²) in [7, 11) is 0. The number of carboxylic acid groups (broad SMARTS) is 1. The summed E-state index contributed by atoms with van der Waals surface area (Å²) in [5, 5.41) is 19.1.